The number of hydrogen-bond donors (Lipinski definition) is 2. The van der Waals surface area contributed by atoms with Crippen molar-refractivity contribution < 1.29 is 8.42 Å². The normalized spacial score (nSPS) is 11.4. The number of aromatic nitrogens is 2. The molecule has 0 radical (unpaired) electrons. The first kappa shape index (κ1) is 18.7. The van der Waals surface area contributed by atoms with Crippen LogP contribution in [0.25, 0.3) is 0 Å². The maximum Gasteiger partial charge on any atom is 0.251 e. The standard InChI is InChI=1S/C14H19Cl2N5O2S/c15-5-8-20(9-6-16)13-3-1-12(2-4-13)19-24(22,23)11-21-10-7-18-14(21)17/h1-4,7,10,19H,5-6,8-9,11H2,(H2,17,18). The van der Waals surface area contributed by atoms with Crippen LogP contribution in [0.2, 0.25) is 0 Å². The molecule has 24 heavy (non-hydrogen) atoms. The van der Waals surface area contributed by atoms with Gasteiger partial charge in [0.05, 0.1) is 0 Å². The highest BCUT2D eigenvalue weighted by atomic mass is 35.5. The van der Waals surface area contributed by atoms with Crippen molar-refractivity contribution in [2.75, 3.05) is 40.2 Å². The molecule has 0 amide bonds. The zero-order valence-electron chi connectivity index (χ0n) is 12.9. The van der Waals surface area contributed by atoms with E-state index in [4.69, 9.17) is 28.9 Å². The van der Waals surface area contributed by atoms with Crippen molar-refractivity contribution in [1.29, 1.82) is 0 Å². The lowest BCUT2D eigenvalue weighted by molar-refractivity contribution is 0.590. The summed E-state index contributed by atoms with van der Waals surface area (Å²) in [6, 6.07) is 7.03. The largest absolute Gasteiger partial charge is 0.369 e. The van der Waals surface area contributed by atoms with Crippen LogP contribution in [0.15, 0.2) is 36.7 Å². The lowest BCUT2D eigenvalue weighted by Crippen LogP contribution is -2.27. The van der Waals surface area contributed by atoms with Crippen LogP contribution in [-0.2, 0) is 15.9 Å². The molecule has 10 heteroatoms. The van der Waals surface area contributed by atoms with Crippen LogP contribution >= 0.6 is 23.2 Å². The number of nitrogen functional groups attached to an aromatic ring is 1. The van der Waals surface area contributed by atoms with Gasteiger partial charge in [-0.2, -0.15) is 0 Å². The molecule has 0 saturated carbocycles. The number of alkyl halides is 2. The molecule has 0 aliphatic carbocycles. The van der Waals surface area contributed by atoms with Crippen LogP contribution in [0.5, 0.6) is 0 Å². The number of sulfonamides is 1. The van der Waals surface area contributed by atoms with Crippen LogP contribution in [0.4, 0.5) is 17.3 Å². The quantitative estimate of drug-likeness (QED) is 0.638. The summed E-state index contributed by atoms with van der Waals surface area (Å²) in [4.78, 5) is 5.83. The van der Waals surface area contributed by atoms with Crippen molar-refractivity contribution >= 4 is 50.5 Å². The van der Waals surface area contributed by atoms with Crippen molar-refractivity contribution in [3.8, 4) is 0 Å². The Balaban J connectivity index is 2.06. The molecule has 0 unspecified atom stereocenters. The third kappa shape index (κ3) is 5.19. The van der Waals surface area contributed by atoms with Crippen molar-refractivity contribution in [3.05, 3.63) is 36.7 Å². The second-order valence-corrected chi connectivity index (χ2v) is 7.46. The number of rotatable bonds is 9. The number of nitrogens with two attached hydrogens (primary N) is 1. The Morgan fingerprint density at radius 2 is 1.79 bits per heavy atom. The second-order valence-electron chi connectivity index (χ2n) is 5.01. The van der Waals surface area contributed by atoms with E-state index in [-0.39, 0.29) is 11.8 Å². The molecular weight excluding hydrogens is 373 g/mol. The van der Waals surface area contributed by atoms with Crippen molar-refractivity contribution in [1.82, 2.24) is 9.55 Å². The molecule has 132 valence electrons. The van der Waals surface area contributed by atoms with E-state index in [1.165, 1.54) is 17.0 Å². The summed E-state index contributed by atoms with van der Waals surface area (Å²) in [6.07, 6.45) is 2.95. The Morgan fingerprint density at radius 1 is 1.17 bits per heavy atom. The second kappa shape index (κ2) is 8.46. The Morgan fingerprint density at radius 3 is 2.29 bits per heavy atom. The van der Waals surface area contributed by atoms with Crippen molar-refractivity contribution in [2.24, 2.45) is 0 Å². The zero-order valence-corrected chi connectivity index (χ0v) is 15.2. The van der Waals surface area contributed by atoms with Gasteiger partial charge in [0.15, 0.2) is 0 Å². The maximum absolute atomic E-state index is 12.2. The maximum atomic E-state index is 12.2. The minimum atomic E-state index is -3.60. The average Bonchev–Trinajstić information content (AvgIpc) is 2.92. The molecule has 1 heterocycles. The third-order valence-electron chi connectivity index (χ3n) is 3.27. The number of nitrogens with one attached hydrogen (secondary N) is 1. The van der Waals surface area contributed by atoms with Crippen LogP contribution < -0.4 is 15.4 Å². The van der Waals surface area contributed by atoms with Crippen LogP contribution in [0.3, 0.4) is 0 Å². The van der Waals surface area contributed by atoms with E-state index in [9.17, 15) is 8.42 Å². The van der Waals surface area contributed by atoms with Crippen molar-refractivity contribution in [3.63, 3.8) is 0 Å². The van der Waals surface area contributed by atoms with Gasteiger partial charge in [-0.3, -0.25) is 4.72 Å². The summed E-state index contributed by atoms with van der Waals surface area (Å²) in [5.74, 6) is 0.814. The van der Waals surface area contributed by atoms with Gasteiger partial charge in [0.1, 0.15) is 5.88 Å². The van der Waals surface area contributed by atoms with E-state index in [0.717, 1.165) is 5.69 Å². The first-order valence-corrected chi connectivity index (χ1v) is 9.91. The Hall–Kier alpha value is -1.64. The fraction of sp³-hybridized carbons (Fsp3) is 0.357. The summed E-state index contributed by atoms with van der Waals surface area (Å²) >= 11 is 11.6. The van der Waals surface area contributed by atoms with Gasteiger partial charge in [-0.25, -0.2) is 13.4 Å². The van der Waals surface area contributed by atoms with E-state index in [1.54, 1.807) is 12.1 Å². The minimum absolute atomic E-state index is 0.147. The lowest BCUT2D eigenvalue weighted by Gasteiger charge is -2.23. The summed E-state index contributed by atoms with van der Waals surface area (Å²) < 4.78 is 28.2. The van der Waals surface area contributed by atoms with E-state index in [0.29, 0.717) is 30.5 Å². The number of nitrogens with zero attached hydrogens (tertiary/aromatic N) is 3. The fourth-order valence-corrected chi connectivity index (χ4v) is 3.71. The first-order chi connectivity index (χ1) is 11.4. The van der Waals surface area contributed by atoms with Gasteiger partial charge < -0.3 is 15.2 Å². The van der Waals surface area contributed by atoms with Crippen LogP contribution in [-0.4, -0.2) is 42.8 Å². The lowest BCUT2D eigenvalue weighted by atomic mass is 10.2. The summed E-state index contributed by atoms with van der Waals surface area (Å²) in [5, 5.41) is 0. The molecule has 0 saturated heterocycles. The van der Waals surface area contributed by atoms with E-state index < -0.39 is 10.0 Å². The van der Waals surface area contributed by atoms with Gasteiger partial charge in [-0.1, -0.05) is 0 Å². The molecule has 1 aromatic heterocycles. The molecule has 0 atom stereocenters. The molecule has 0 spiro atoms. The van der Waals surface area contributed by atoms with Gasteiger partial charge in [0.25, 0.3) is 10.0 Å². The zero-order chi connectivity index (χ0) is 17.6. The monoisotopic (exact) mass is 391 g/mol. The molecule has 0 aliphatic heterocycles. The van der Waals surface area contributed by atoms with Crippen LogP contribution in [0.1, 0.15) is 0 Å². The number of imidazole rings is 1. The SMILES string of the molecule is Nc1nccn1CS(=O)(=O)Nc1ccc(N(CCCl)CCCl)cc1. The molecule has 0 aliphatic rings. The molecule has 3 N–H and O–H groups in total. The van der Waals surface area contributed by atoms with Crippen LogP contribution in [0, 0.1) is 0 Å². The van der Waals surface area contributed by atoms with E-state index in [1.807, 2.05) is 17.0 Å². The molecule has 0 fully saturated rings. The van der Waals surface area contributed by atoms with Gasteiger partial charge in [0, 0.05) is 48.6 Å². The molecule has 0 bridgehead atoms. The number of hydrogen-bond acceptors (Lipinski definition) is 5. The Labute approximate surface area is 151 Å². The average molecular weight is 392 g/mol. The topological polar surface area (TPSA) is 93.2 Å². The number of benzene rings is 1. The van der Waals surface area contributed by atoms with E-state index in [2.05, 4.69) is 9.71 Å². The number of anilines is 3. The number of halogens is 2. The Kier molecular flexibility index (Phi) is 6.59. The third-order valence-corrected chi connectivity index (χ3v) is 4.77. The predicted molar refractivity (Wildman–Crippen MR) is 99.3 cm³/mol. The summed E-state index contributed by atoms with van der Waals surface area (Å²) in [6.45, 7) is 1.33. The molecule has 2 aromatic rings. The highest BCUT2D eigenvalue weighted by molar-refractivity contribution is 7.91. The van der Waals surface area contributed by atoms with E-state index >= 15 is 0 Å². The predicted octanol–water partition coefficient (Wildman–Crippen LogP) is 2.15. The molecule has 7 nitrogen and oxygen atoms in total. The first-order valence-electron chi connectivity index (χ1n) is 7.19. The molecule has 2 rings (SSSR count). The van der Waals surface area contributed by atoms with Gasteiger partial charge >= 0.3 is 0 Å². The van der Waals surface area contributed by atoms with Crippen molar-refractivity contribution in [2.45, 2.75) is 5.88 Å². The highest BCUT2D eigenvalue weighted by Crippen LogP contribution is 2.19. The van der Waals surface area contributed by atoms with Gasteiger partial charge in [-0.05, 0) is 24.3 Å². The highest BCUT2D eigenvalue weighted by Gasteiger charge is 2.13. The fourth-order valence-electron chi connectivity index (χ4n) is 2.16. The molecular formula is C14H19Cl2N5O2S. The minimum Gasteiger partial charge on any atom is -0.369 e. The Bertz CT molecular complexity index is 743. The van der Waals surface area contributed by atoms with Gasteiger partial charge in [-0.15, -0.1) is 23.2 Å². The van der Waals surface area contributed by atoms with Gasteiger partial charge in [0.2, 0.25) is 5.95 Å². The molecule has 1 aromatic carbocycles. The summed E-state index contributed by atoms with van der Waals surface area (Å²) in [5.41, 5.74) is 6.98. The summed E-state index contributed by atoms with van der Waals surface area (Å²) in [7, 11) is -3.60. The smallest absolute Gasteiger partial charge is 0.251 e.